The Labute approximate surface area is 159 Å². The molecular formula is C20H17N5O3. The molecule has 0 bridgehead atoms. The Hall–Kier alpha value is -3.78. The highest BCUT2D eigenvalue weighted by molar-refractivity contribution is 5.84. The van der Waals surface area contributed by atoms with Crippen molar-refractivity contribution in [2.24, 2.45) is 5.10 Å². The molecule has 0 saturated heterocycles. The van der Waals surface area contributed by atoms with Crippen molar-refractivity contribution in [3.05, 3.63) is 82.0 Å². The zero-order chi connectivity index (χ0) is 19.7. The Balaban J connectivity index is 1.82. The van der Waals surface area contributed by atoms with Gasteiger partial charge in [-0.25, -0.2) is 9.67 Å². The minimum atomic E-state index is -0.453. The third-order valence-electron chi connectivity index (χ3n) is 4.35. The van der Waals surface area contributed by atoms with Crippen LogP contribution in [0.4, 0.5) is 0 Å². The number of hydrogen-bond donors (Lipinski definition) is 2. The maximum Gasteiger partial charge on any atom is 0.282 e. The van der Waals surface area contributed by atoms with Crippen molar-refractivity contribution in [3.8, 4) is 11.6 Å². The van der Waals surface area contributed by atoms with Crippen molar-refractivity contribution in [3.63, 3.8) is 0 Å². The molecule has 0 saturated carbocycles. The van der Waals surface area contributed by atoms with Crippen LogP contribution in [0.25, 0.3) is 16.6 Å². The minimum Gasteiger partial charge on any atom is -0.493 e. The predicted octanol–water partition coefficient (Wildman–Crippen LogP) is 1.97. The number of hydrogen-bond acceptors (Lipinski definition) is 6. The molecule has 140 valence electrons. The number of para-hydroxylation sites is 2. The van der Waals surface area contributed by atoms with E-state index in [0.29, 0.717) is 27.8 Å². The maximum atomic E-state index is 12.7. The second kappa shape index (κ2) is 7.09. The summed E-state index contributed by atoms with van der Waals surface area (Å²) in [5.74, 6) is 0.00680. The van der Waals surface area contributed by atoms with E-state index in [1.165, 1.54) is 10.9 Å². The van der Waals surface area contributed by atoms with Gasteiger partial charge in [-0.05, 0) is 31.2 Å². The average molecular weight is 375 g/mol. The molecule has 0 aliphatic rings. The fraction of sp³-hybridized carbons (Fsp3) is 0.100. The number of aryl methyl sites for hydroxylation is 1. The van der Waals surface area contributed by atoms with Crippen LogP contribution in [-0.2, 0) is 6.61 Å². The number of rotatable bonds is 4. The molecule has 0 unspecified atom stereocenters. The SMILES string of the molecule is Cc1nn(-c2ccccc2)c(O)c1/C=N/n1c(CO)nc2ccccc2c1=O. The van der Waals surface area contributed by atoms with Crippen LogP contribution in [0.3, 0.4) is 0 Å². The fourth-order valence-corrected chi connectivity index (χ4v) is 2.93. The van der Waals surface area contributed by atoms with Gasteiger partial charge in [0.2, 0.25) is 5.88 Å². The Morgan fingerprint density at radius 1 is 1.11 bits per heavy atom. The third kappa shape index (κ3) is 2.95. The van der Waals surface area contributed by atoms with Gasteiger partial charge in [-0.2, -0.15) is 14.9 Å². The van der Waals surface area contributed by atoms with Gasteiger partial charge in [0.15, 0.2) is 5.82 Å². The van der Waals surface area contributed by atoms with Gasteiger partial charge in [-0.1, -0.05) is 30.3 Å². The van der Waals surface area contributed by atoms with Crippen molar-refractivity contribution < 1.29 is 10.2 Å². The van der Waals surface area contributed by atoms with E-state index >= 15 is 0 Å². The molecule has 4 aromatic rings. The summed E-state index contributed by atoms with van der Waals surface area (Å²) in [6.07, 6.45) is 1.34. The Morgan fingerprint density at radius 3 is 2.57 bits per heavy atom. The number of aliphatic hydroxyl groups is 1. The normalized spacial score (nSPS) is 11.5. The Bertz CT molecular complexity index is 1240. The van der Waals surface area contributed by atoms with Crippen LogP contribution >= 0.6 is 0 Å². The van der Waals surface area contributed by atoms with Crippen LogP contribution in [0, 0.1) is 6.92 Å². The van der Waals surface area contributed by atoms with E-state index in [1.807, 2.05) is 30.3 Å². The molecule has 0 aliphatic heterocycles. The lowest BCUT2D eigenvalue weighted by molar-refractivity contribution is 0.265. The summed E-state index contributed by atoms with van der Waals surface area (Å²) in [7, 11) is 0. The molecule has 0 aliphatic carbocycles. The van der Waals surface area contributed by atoms with Crippen LogP contribution in [0.15, 0.2) is 64.5 Å². The van der Waals surface area contributed by atoms with E-state index in [1.54, 1.807) is 31.2 Å². The fourth-order valence-electron chi connectivity index (χ4n) is 2.93. The summed E-state index contributed by atoms with van der Waals surface area (Å²) in [5.41, 5.74) is 1.69. The van der Waals surface area contributed by atoms with Crippen LogP contribution in [0.1, 0.15) is 17.1 Å². The Kier molecular flexibility index (Phi) is 4.46. The molecule has 0 spiro atoms. The number of aliphatic hydroxyl groups excluding tert-OH is 1. The first-order chi connectivity index (χ1) is 13.6. The lowest BCUT2D eigenvalue weighted by Gasteiger charge is -2.06. The molecule has 4 rings (SSSR count). The van der Waals surface area contributed by atoms with Crippen molar-refractivity contribution in [2.75, 3.05) is 0 Å². The molecule has 0 amide bonds. The van der Waals surface area contributed by atoms with Crippen molar-refractivity contribution in [2.45, 2.75) is 13.5 Å². The van der Waals surface area contributed by atoms with Crippen molar-refractivity contribution in [1.82, 2.24) is 19.4 Å². The van der Waals surface area contributed by atoms with E-state index in [9.17, 15) is 15.0 Å². The lowest BCUT2D eigenvalue weighted by Crippen LogP contribution is -2.22. The van der Waals surface area contributed by atoms with Gasteiger partial charge in [0.05, 0.1) is 34.1 Å². The summed E-state index contributed by atoms with van der Waals surface area (Å²) in [6.45, 7) is 1.28. The first-order valence-electron chi connectivity index (χ1n) is 8.60. The van der Waals surface area contributed by atoms with Gasteiger partial charge in [0.25, 0.3) is 5.56 Å². The molecule has 2 aromatic carbocycles. The van der Waals surface area contributed by atoms with Gasteiger partial charge in [0.1, 0.15) is 6.61 Å². The minimum absolute atomic E-state index is 0.0974. The van der Waals surface area contributed by atoms with Crippen LogP contribution in [0.2, 0.25) is 0 Å². The molecule has 0 radical (unpaired) electrons. The van der Waals surface area contributed by atoms with Crippen molar-refractivity contribution >= 4 is 17.1 Å². The number of fused-ring (bicyclic) bond motifs is 1. The van der Waals surface area contributed by atoms with E-state index in [2.05, 4.69) is 15.2 Å². The van der Waals surface area contributed by atoms with E-state index in [-0.39, 0.29) is 11.7 Å². The van der Waals surface area contributed by atoms with Crippen molar-refractivity contribution in [1.29, 1.82) is 0 Å². The molecule has 0 atom stereocenters. The molecule has 28 heavy (non-hydrogen) atoms. The largest absolute Gasteiger partial charge is 0.493 e. The van der Waals surface area contributed by atoms with Crippen LogP contribution in [0.5, 0.6) is 5.88 Å². The first-order valence-corrected chi connectivity index (χ1v) is 8.60. The van der Waals surface area contributed by atoms with Crippen LogP contribution < -0.4 is 5.56 Å². The summed E-state index contributed by atoms with van der Waals surface area (Å²) in [5, 5.41) is 29.1. The number of benzene rings is 2. The summed E-state index contributed by atoms with van der Waals surface area (Å²) >= 11 is 0. The standard InChI is InChI=1S/C20H17N5O3/c1-13-16(20(28)24(23-13)14-7-3-2-4-8-14)11-21-25-18(12-26)22-17-10-6-5-9-15(17)19(25)27/h2-11,26,28H,12H2,1H3/b21-11+. The van der Waals surface area contributed by atoms with E-state index < -0.39 is 12.2 Å². The quantitative estimate of drug-likeness (QED) is 0.531. The third-order valence-corrected chi connectivity index (χ3v) is 4.35. The van der Waals surface area contributed by atoms with Gasteiger partial charge in [-0.3, -0.25) is 4.79 Å². The second-order valence-electron chi connectivity index (χ2n) is 6.13. The average Bonchev–Trinajstić information content (AvgIpc) is 3.01. The molecular weight excluding hydrogens is 358 g/mol. The van der Waals surface area contributed by atoms with Gasteiger partial charge in [-0.15, -0.1) is 0 Å². The molecule has 2 heterocycles. The topological polar surface area (TPSA) is 106 Å². The molecule has 8 nitrogen and oxygen atoms in total. The number of nitrogens with zero attached hydrogens (tertiary/aromatic N) is 5. The lowest BCUT2D eigenvalue weighted by atomic mass is 10.2. The zero-order valence-corrected chi connectivity index (χ0v) is 15.0. The Morgan fingerprint density at radius 2 is 1.82 bits per heavy atom. The highest BCUT2D eigenvalue weighted by atomic mass is 16.3. The van der Waals surface area contributed by atoms with E-state index in [4.69, 9.17) is 0 Å². The monoisotopic (exact) mass is 375 g/mol. The van der Waals surface area contributed by atoms with Crippen LogP contribution in [-0.4, -0.2) is 35.9 Å². The smallest absolute Gasteiger partial charge is 0.282 e. The summed E-state index contributed by atoms with van der Waals surface area (Å²) in [4.78, 5) is 17.0. The highest BCUT2D eigenvalue weighted by Crippen LogP contribution is 2.23. The second-order valence-corrected chi connectivity index (χ2v) is 6.13. The summed E-state index contributed by atoms with van der Waals surface area (Å²) in [6, 6.07) is 16.0. The van der Waals surface area contributed by atoms with Gasteiger partial charge < -0.3 is 10.2 Å². The molecule has 0 fully saturated rings. The molecule has 2 aromatic heterocycles. The summed E-state index contributed by atoms with van der Waals surface area (Å²) < 4.78 is 2.42. The number of aromatic nitrogens is 4. The number of aromatic hydroxyl groups is 1. The molecule has 8 heteroatoms. The van der Waals surface area contributed by atoms with Gasteiger partial charge >= 0.3 is 0 Å². The zero-order valence-electron chi connectivity index (χ0n) is 15.0. The first kappa shape index (κ1) is 17.6. The molecule has 2 N–H and O–H groups in total. The van der Waals surface area contributed by atoms with E-state index in [0.717, 1.165) is 4.68 Å². The van der Waals surface area contributed by atoms with Gasteiger partial charge in [0, 0.05) is 0 Å². The predicted molar refractivity (Wildman–Crippen MR) is 105 cm³/mol. The highest BCUT2D eigenvalue weighted by Gasteiger charge is 2.15. The maximum absolute atomic E-state index is 12.7.